The maximum atomic E-state index is 13.9. The first-order chi connectivity index (χ1) is 11.2. The highest BCUT2D eigenvalue weighted by Crippen LogP contribution is 2.31. The number of aromatic carboxylic acids is 1. The van der Waals surface area contributed by atoms with Gasteiger partial charge in [-0.05, 0) is 33.8 Å². The Hall–Kier alpha value is -2.52. The van der Waals surface area contributed by atoms with Crippen LogP contribution in [0.3, 0.4) is 0 Å². The van der Waals surface area contributed by atoms with Crippen molar-refractivity contribution in [2.75, 3.05) is 5.32 Å². The number of halogens is 4. The number of carbonyl (C=O) groups is 2. The summed E-state index contributed by atoms with van der Waals surface area (Å²) in [5.41, 5.74) is -2.29. The second-order valence-corrected chi connectivity index (χ2v) is 6.06. The predicted molar refractivity (Wildman–Crippen MR) is 79.4 cm³/mol. The molecule has 0 aliphatic rings. The molecule has 0 aromatic heterocycles. The molecule has 1 rings (SSSR count). The highest BCUT2D eigenvalue weighted by molar-refractivity contribution is 5.93. The molecule has 0 aliphatic heterocycles. The summed E-state index contributed by atoms with van der Waals surface area (Å²) in [6.07, 6.45) is -8.17. The summed E-state index contributed by atoms with van der Waals surface area (Å²) < 4.78 is 61.2. The van der Waals surface area contributed by atoms with Crippen LogP contribution < -0.4 is 10.1 Å². The van der Waals surface area contributed by atoms with E-state index in [1.54, 1.807) is 20.8 Å². The normalized spacial score (nSPS) is 13.1. The van der Waals surface area contributed by atoms with Gasteiger partial charge in [-0.25, -0.2) is 14.0 Å². The molecule has 0 fully saturated rings. The Morgan fingerprint density at radius 3 is 2.20 bits per heavy atom. The number of hydrogen-bond acceptors (Lipinski definition) is 4. The van der Waals surface area contributed by atoms with E-state index in [1.165, 1.54) is 0 Å². The third-order valence-electron chi connectivity index (χ3n) is 2.70. The number of anilines is 1. The zero-order chi connectivity index (χ0) is 19.6. The Morgan fingerprint density at radius 1 is 1.20 bits per heavy atom. The maximum absolute atomic E-state index is 13.9. The van der Waals surface area contributed by atoms with Crippen molar-refractivity contribution in [3.8, 4) is 5.75 Å². The second kappa shape index (κ2) is 7.16. The van der Waals surface area contributed by atoms with E-state index in [9.17, 15) is 27.2 Å². The third kappa shape index (κ3) is 6.12. The predicted octanol–water partition coefficient (Wildman–Crippen LogP) is 4.20. The van der Waals surface area contributed by atoms with Crippen LogP contribution in [0.5, 0.6) is 5.75 Å². The van der Waals surface area contributed by atoms with Crippen molar-refractivity contribution in [1.82, 2.24) is 0 Å². The summed E-state index contributed by atoms with van der Waals surface area (Å²) in [5.74, 6) is -3.60. The monoisotopic (exact) mass is 367 g/mol. The fourth-order valence-electron chi connectivity index (χ4n) is 1.58. The molecular formula is C15H17F4NO5. The van der Waals surface area contributed by atoms with E-state index in [1.807, 2.05) is 5.32 Å². The lowest BCUT2D eigenvalue weighted by atomic mass is 10.1. The van der Waals surface area contributed by atoms with Crippen molar-refractivity contribution < 1.29 is 41.7 Å². The molecule has 10 heteroatoms. The van der Waals surface area contributed by atoms with Crippen molar-refractivity contribution in [2.45, 2.75) is 45.6 Å². The van der Waals surface area contributed by atoms with Gasteiger partial charge in [-0.15, -0.1) is 0 Å². The molecule has 0 spiro atoms. The van der Waals surface area contributed by atoms with E-state index in [-0.39, 0.29) is 0 Å². The van der Waals surface area contributed by atoms with Gasteiger partial charge in [-0.3, -0.25) is 5.32 Å². The SMILES string of the molecule is C[C@H](Oc1cc(NC(=O)OC(C)(C)C)c(F)cc1C(=O)O)C(F)(F)F. The highest BCUT2D eigenvalue weighted by atomic mass is 19.4. The van der Waals surface area contributed by atoms with Crippen LogP contribution in [0.2, 0.25) is 0 Å². The van der Waals surface area contributed by atoms with Crippen LogP contribution in [-0.2, 0) is 4.74 Å². The van der Waals surface area contributed by atoms with Gasteiger partial charge >= 0.3 is 18.2 Å². The van der Waals surface area contributed by atoms with E-state index in [4.69, 9.17) is 9.84 Å². The van der Waals surface area contributed by atoms with Crippen LogP contribution >= 0.6 is 0 Å². The largest absolute Gasteiger partial charge is 0.480 e. The number of hydrogen-bond donors (Lipinski definition) is 2. The quantitative estimate of drug-likeness (QED) is 0.779. The Labute approximate surface area is 140 Å². The van der Waals surface area contributed by atoms with Crippen LogP contribution in [0.1, 0.15) is 38.1 Å². The third-order valence-corrected chi connectivity index (χ3v) is 2.70. The zero-order valence-electron chi connectivity index (χ0n) is 13.8. The Bertz CT molecular complexity index is 667. The Morgan fingerprint density at radius 2 is 1.76 bits per heavy atom. The van der Waals surface area contributed by atoms with Gasteiger partial charge < -0.3 is 14.6 Å². The fraction of sp³-hybridized carbons (Fsp3) is 0.467. The molecule has 1 aromatic rings. The van der Waals surface area contributed by atoms with E-state index in [2.05, 4.69) is 4.74 Å². The van der Waals surface area contributed by atoms with Crippen LogP contribution in [0, 0.1) is 5.82 Å². The van der Waals surface area contributed by atoms with Crippen molar-refractivity contribution in [3.63, 3.8) is 0 Å². The smallest absolute Gasteiger partial charge is 0.425 e. The van der Waals surface area contributed by atoms with Crippen molar-refractivity contribution >= 4 is 17.7 Å². The summed E-state index contributed by atoms with van der Waals surface area (Å²) in [5, 5.41) is 11.0. The van der Waals surface area contributed by atoms with E-state index >= 15 is 0 Å². The molecule has 1 aromatic carbocycles. The van der Waals surface area contributed by atoms with E-state index in [0.29, 0.717) is 19.1 Å². The molecule has 0 aliphatic carbocycles. The van der Waals surface area contributed by atoms with Gasteiger partial charge in [0, 0.05) is 6.07 Å². The first-order valence-corrected chi connectivity index (χ1v) is 7.01. The maximum Gasteiger partial charge on any atom is 0.425 e. The molecule has 0 radical (unpaired) electrons. The molecule has 0 unspecified atom stereocenters. The lowest BCUT2D eigenvalue weighted by Gasteiger charge is -2.21. The molecule has 0 bridgehead atoms. The first-order valence-electron chi connectivity index (χ1n) is 7.01. The van der Waals surface area contributed by atoms with Crippen LogP contribution in [0.4, 0.5) is 28.0 Å². The summed E-state index contributed by atoms with van der Waals surface area (Å²) in [6.45, 7) is 5.32. The number of carboxylic acid groups (broad SMARTS) is 1. The molecule has 0 saturated heterocycles. The summed E-state index contributed by atoms with van der Waals surface area (Å²) in [6, 6.07) is 1.11. The van der Waals surface area contributed by atoms with Crippen molar-refractivity contribution in [3.05, 3.63) is 23.5 Å². The number of carboxylic acids is 1. The molecule has 1 atom stereocenters. The average molecular weight is 367 g/mol. The molecule has 140 valence electrons. The molecule has 0 saturated carbocycles. The molecular weight excluding hydrogens is 350 g/mol. The summed E-state index contributed by atoms with van der Waals surface area (Å²) >= 11 is 0. The minimum absolute atomic E-state index is 0.452. The fourth-order valence-corrected chi connectivity index (χ4v) is 1.58. The average Bonchev–Trinajstić information content (AvgIpc) is 2.38. The number of nitrogens with one attached hydrogen (secondary N) is 1. The lowest BCUT2D eigenvalue weighted by molar-refractivity contribution is -0.189. The first kappa shape index (κ1) is 20.5. The van der Waals surface area contributed by atoms with Crippen molar-refractivity contribution in [1.29, 1.82) is 0 Å². The van der Waals surface area contributed by atoms with Crippen LogP contribution in [0.15, 0.2) is 12.1 Å². The standard InChI is InChI=1S/C15H17F4NO5/c1-7(15(17,18)19)24-11-6-10(9(16)5-8(11)12(21)22)20-13(23)25-14(2,3)4/h5-7H,1-4H3,(H,20,23)(H,21,22)/t7-/m0/s1. The van der Waals surface area contributed by atoms with E-state index < -0.39 is 52.8 Å². The number of alkyl halides is 3. The van der Waals surface area contributed by atoms with Crippen LogP contribution in [-0.4, -0.2) is 35.1 Å². The zero-order valence-corrected chi connectivity index (χ0v) is 13.8. The summed E-state index contributed by atoms with van der Waals surface area (Å²) in [7, 11) is 0. The van der Waals surface area contributed by atoms with Gasteiger partial charge in [0.2, 0.25) is 0 Å². The minimum Gasteiger partial charge on any atom is -0.480 e. The van der Waals surface area contributed by atoms with Gasteiger partial charge in [-0.2, -0.15) is 13.2 Å². The molecule has 2 N–H and O–H groups in total. The van der Waals surface area contributed by atoms with Gasteiger partial charge in [0.1, 0.15) is 22.7 Å². The topological polar surface area (TPSA) is 84.9 Å². The van der Waals surface area contributed by atoms with Gasteiger partial charge in [0.15, 0.2) is 6.10 Å². The van der Waals surface area contributed by atoms with Crippen LogP contribution in [0.25, 0.3) is 0 Å². The van der Waals surface area contributed by atoms with Gasteiger partial charge in [0.05, 0.1) is 5.69 Å². The number of carbonyl (C=O) groups excluding carboxylic acids is 1. The molecule has 0 heterocycles. The van der Waals surface area contributed by atoms with Gasteiger partial charge in [-0.1, -0.05) is 0 Å². The molecule has 25 heavy (non-hydrogen) atoms. The van der Waals surface area contributed by atoms with Crippen molar-refractivity contribution in [2.24, 2.45) is 0 Å². The molecule has 6 nitrogen and oxygen atoms in total. The number of ether oxygens (including phenoxy) is 2. The Kier molecular flexibility index (Phi) is 5.88. The number of rotatable bonds is 4. The lowest BCUT2D eigenvalue weighted by Crippen LogP contribution is -2.32. The number of benzene rings is 1. The number of amides is 1. The summed E-state index contributed by atoms with van der Waals surface area (Å²) in [4.78, 5) is 22.7. The van der Waals surface area contributed by atoms with Gasteiger partial charge in [0.25, 0.3) is 0 Å². The second-order valence-electron chi connectivity index (χ2n) is 6.06. The molecule has 1 amide bonds. The minimum atomic E-state index is -4.76. The Balaban J connectivity index is 3.18. The highest BCUT2D eigenvalue weighted by Gasteiger charge is 2.39. The van der Waals surface area contributed by atoms with E-state index in [0.717, 1.165) is 0 Å².